The van der Waals surface area contributed by atoms with Crippen LogP contribution in [0.25, 0.3) is 0 Å². The highest BCUT2D eigenvalue weighted by Gasteiger charge is 2.73. The molecule has 8 heteroatoms. The van der Waals surface area contributed by atoms with E-state index in [9.17, 15) is 14.4 Å². The number of ether oxygens (including phenoxy) is 1. The Morgan fingerprint density at radius 3 is 2.49 bits per heavy atom. The molecule has 3 heterocycles. The van der Waals surface area contributed by atoms with Gasteiger partial charge in [-0.2, -0.15) is 0 Å². The lowest BCUT2D eigenvalue weighted by atomic mass is 9.63. The van der Waals surface area contributed by atoms with Crippen LogP contribution in [0.3, 0.4) is 0 Å². The molecule has 2 spiro atoms. The van der Waals surface area contributed by atoms with Gasteiger partial charge in [0.05, 0.1) is 19.6 Å². The molecular formula is C29H26BrN3O4. The van der Waals surface area contributed by atoms with E-state index < -0.39 is 17.0 Å². The summed E-state index contributed by atoms with van der Waals surface area (Å²) in [5, 5.41) is 6.56. The van der Waals surface area contributed by atoms with E-state index in [-0.39, 0.29) is 30.8 Å². The van der Waals surface area contributed by atoms with Gasteiger partial charge in [0.2, 0.25) is 5.91 Å². The lowest BCUT2D eigenvalue weighted by Gasteiger charge is -2.38. The molecule has 1 fully saturated rings. The third kappa shape index (κ3) is 3.39. The number of para-hydroxylation sites is 2. The second-order valence-electron chi connectivity index (χ2n) is 9.74. The van der Waals surface area contributed by atoms with E-state index >= 15 is 0 Å². The van der Waals surface area contributed by atoms with Crippen LogP contribution in [0.4, 0.5) is 11.4 Å². The van der Waals surface area contributed by atoms with E-state index in [1.807, 2.05) is 72.8 Å². The van der Waals surface area contributed by atoms with Crippen molar-refractivity contribution in [2.45, 2.75) is 43.3 Å². The largest absolute Gasteiger partial charge is 0.466 e. The first-order valence-electron chi connectivity index (χ1n) is 12.4. The van der Waals surface area contributed by atoms with Crippen LogP contribution in [0.5, 0.6) is 0 Å². The van der Waals surface area contributed by atoms with Crippen molar-refractivity contribution in [2.75, 3.05) is 16.8 Å². The summed E-state index contributed by atoms with van der Waals surface area (Å²) < 4.78 is 6.19. The van der Waals surface area contributed by atoms with Gasteiger partial charge in [0.25, 0.3) is 5.91 Å². The number of rotatable bonds is 5. The summed E-state index contributed by atoms with van der Waals surface area (Å²) in [6, 6.07) is 22.6. The van der Waals surface area contributed by atoms with Crippen LogP contribution in [0.1, 0.15) is 36.5 Å². The molecule has 0 aromatic heterocycles. The zero-order valence-electron chi connectivity index (χ0n) is 20.3. The van der Waals surface area contributed by atoms with E-state index in [1.165, 1.54) is 0 Å². The molecule has 7 nitrogen and oxygen atoms in total. The Hall–Kier alpha value is -3.49. The van der Waals surface area contributed by atoms with Crippen molar-refractivity contribution in [3.05, 3.63) is 94.0 Å². The molecule has 3 aromatic rings. The highest BCUT2D eigenvalue weighted by atomic mass is 79.9. The lowest BCUT2D eigenvalue weighted by molar-refractivity contribution is -0.143. The van der Waals surface area contributed by atoms with Gasteiger partial charge < -0.3 is 15.0 Å². The van der Waals surface area contributed by atoms with Crippen LogP contribution in [0.2, 0.25) is 0 Å². The van der Waals surface area contributed by atoms with Crippen molar-refractivity contribution in [1.82, 2.24) is 5.32 Å². The van der Waals surface area contributed by atoms with Crippen LogP contribution >= 0.6 is 15.9 Å². The Labute approximate surface area is 223 Å². The Bertz CT molecular complexity index is 1420. The van der Waals surface area contributed by atoms with E-state index in [1.54, 1.807) is 11.8 Å². The minimum atomic E-state index is -1.37. The molecule has 3 aliphatic heterocycles. The van der Waals surface area contributed by atoms with Gasteiger partial charge in [0.1, 0.15) is 11.0 Å². The molecule has 2 N–H and O–H groups in total. The van der Waals surface area contributed by atoms with Gasteiger partial charge in [-0.3, -0.25) is 19.7 Å². The predicted molar refractivity (Wildman–Crippen MR) is 143 cm³/mol. The first-order valence-corrected chi connectivity index (χ1v) is 13.2. The monoisotopic (exact) mass is 559 g/mol. The van der Waals surface area contributed by atoms with Gasteiger partial charge in [0, 0.05) is 27.5 Å². The third-order valence-electron chi connectivity index (χ3n) is 7.77. The van der Waals surface area contributed by atoms with Crippen molar-refractivity contribution < 1.29 is 19.1 Å². The quantitative estimate of drug-likeness (QED) is 0.452. The number of esters is 1. The standard InChI is InChI=1S/C29H26BrN3O4/c1-2-37-25(34)15-20-16-28(21-7-3-5-9-23(21)31-26(28)35)29(32-20)22-8-4-6-10-24(22)33(27(29)36)17-18-11-13-19(30)14-12-18/h3-14,20,32H,2,15-17H2,1H3,(H,31,35)/t20-,28-,29-/m0/s1. The molecule has 0 saturated carbocycles. The molecule has 2 amide bonds. The maximum Gasteiger partial charge on any atom is 0.307 e. The summed E-state index contributed by atoms with van der Waals surface area (Å²) in [5.74, 6) is -0.791. The smallest absolute Gasteiger partial charge is 0.307 e. The lowest BCUT2D eigenvalue weighted by Crippen LogP contribution is -2.61. The normalized spacial score (nSPS) is 25.5. The molecular weight excluding hydrogens is 534 g/mol. The Morgan fingerprint density at radius 1 is 1.03 bits per heavy atom. The number of anilines is 2. The number of amides is 2. The summed E-state index contributed by atoms with van der Waals surface area (Å²) in [6.45, 7) is 2.39. The van der Waals surface area contributed by atoms with Crippen molar-refractivity contribution in [3.8, 4) is 0 Å². The van der Waals surface area contributed by atoms with Crippen molar-refractivity contribution in [1.29, 1.82) is 0 Å². The molecule has 0 unspecified atom stereocenters. The van der Waals surface area contributed by atoms with Crippen molar-refractivity contribution in [3.63, 3.8) is 0 Å². The molecule has 6 rings (SSSR count). The molecule has 3 aliphatic rings. The average Bonchev–Trinajstić information content (AvgIpc) is 3.46. The van der Waals surface area contributed by atoms with Crippen molar-refractivity contribution in [2.24, 2.45) is 0 Å². The Morgan fingerprint density at radius 2 is 1.73 bits per heavy atom. The second-order valence-corrected chi connectivity index (χ2v) is 10.7. The van der Waals surface area contributed by atoms with E-state index in [0.29, 0.717) is 18.7 Å². The first-order chi connectivity index (χ1) is 17.9. The topological polar surface area (TPSA) is 87.7 Å². The van der Waals surface area contributed by atoms with Gasteiger partial charge in [-0.05, 0) is 48.7 Å². The fourth-order valence-corrected chi connectivity index (χ4v) is 6.64. The average molecular weight is 560 g/mol. The first kappa shape index (κ1) is 23.9. The number of nitrogens with zero attached hydrogens (tertiary/aromatic N) is 1. The fraction of sp³-hybridized carbons (Fsp3) is 0.276. The van der Waals surface area contributed by atoms with E-state index in [2.05, 4.69) is 26.6 Å². The predicted octanol–water partition coefficient (Wildman–Crippen LogP) is 4.40. The minimum Gasteiger partial charge on any atom is -0.466 e. The summed E-state index contributed by atoms with van der Waals surface area (Å²) in [4.78, 5) is 43.0. The Kier molecular flexibility index (Phi) is 5.69. The van der Waals surface area contributed by atoms with Crippen LogP contribution < -0.4 is 15.5 Å². The van der Waals surface area contributed by atoms with Gasteiger partial charge in [-0.1, -0.05) is 64.5 Å². The Balaban J connectivity index is 1.52. The number of hydrogen-bond acceptors (Lipinski definition) is 5. The zero-order chi connectivity index (χ0) is 25.8. The number of benzene rings is 3. The molecule has 37 heavy (non-hydrogen) atoms. The number of halogens is 1. The van der Waals surface area contributed by atoms with Crippen molar-refractivity contribution >= 4 is 45.1 Å². The molecule has 1 saturated heterocycles. The van der Waals surface area contributed by atoms with Crippen LogP contribution in [-0.2, 0) is 36.6 Å². The summed E-state index contributed by atoms with van der Waals surface area (Å²) in [6.07, 6.45) is 0.357. The second kappa shape index (κ2) is 8.82. The summed E-state index contributed by atoms with van der Waals surface area (Å²) >= 11 is 3.47. The van der Waals surface area contributed by atoms with Gasteiger partial charge >= 0.3 is 5.97 Å². The number of nitrogens with one attached hydrogen (secondary N) is 2. The van der Waals surface area contributed by atoms with E-state index in [4.69, 9.17) is 4.74 Å². The van der Waals surface area contributed by atoms with Crippen LogP contribution in [-0.4, -0.2) is 30.4 Å². The van der Waals surface area contributed by atoms with E-state index in [0.717, 1.165) is 26.9 Å². The SMILES string of the molecule is CCOC(=O)C[C@H]1C[C@]2(C(=O)Nc3ccccc32)[C@@]2(N1)C(=O)N(Cc1ccc(Br)cc1)c1ccccc12. The van der Waals surface area contributed by atoms with Gasteiger partial charge in [-0.25, -0.2) is 0 Å². The number of fused-ring (bicyclic) bond motifs is 5. The number of carbonyl (C=O) groups excluding carboxylic acids is 3. The summed E-state index contributed by atoms with van der Waals surface area (Å²) in [7, 11) is 0. The van der Waals surface area contributed by atoms with Gasteiger partial charge in [-0.15, -0.1) is 0 Å². The van der Waals surface area contributed by atoms with Crippen LogP contribution in [0.15, 0.2) is 77.3 Å². The molecule has 3 atom stereocenters. The maximum absolute atomic E-state index is 14.7. The maximum atomic E-state index is 14.7. The highest BCUT2D eigenvalue weighted by molar-refractivity contribution is 9.10. The number of carbonyl (C=O) groups is 3. The molecule has 0 aliphatic carbocycles. The zero-order valence-corrected chi connectivity index (χ0v) is 21.9. The summed E-state index contributed by atoms with van der Waals surface area (Å²) in [5.41, 5.74) is 1.35. The molecule has 0 bridgehead atoms. The fourth-order valence-electron chi connectivity index (χ4n) is 6.37. The molecule has 3 aromatic carbocycles. The minimum absolute atomic E-state index is 0.0644. The van der Waals surface area contributed by atoms with Gasteiger partial charge in [0.15, 0.2) is 0 Å². The number of hydrogen-bond donors (Lipinski definition) is 2. The van der Waals surface area contributed by atoms with Crippen LogP contribution in [0, 0.1) is 0 Å². The third-order valence-corrected chi connectivity index (χ3v) is 8.30. The molecule has 0 radical (unpaired) electrons. The molecule has 188 valence electrons. The highest BCUT2D eigenvalue weighted by Crippen LogP contribution is 2.61.